The zero-order valence-corrected chi connectivity index (χ0v) is 8.39. The van der Waals surface area contributed by atoms with E-state index in [0.717, 1.165) is 11.5 Å². The summed E-state index contributed by atoms with van der Waals surface area (Å²) in [4.78, 5) is 6.02. The van der Waals surface area contributed by atoms with Crippen LogP contribution in [-0.4, -0.2) is 12.0 Å². The molecule has 1 aromatic carbocycles. The molecule has 0 fully saturated rings. The van der Waals surface area contributed by atoms with Crippen LogP contribution < -0.4 is 4.90 Å². The van der Waals surface area contributed by atoms with Crippen LogP contribution in [0.1, 0.15) is 0 Å². The van der Waals surface area contributed by atoms with Crippen molar-refractivity contribution in [3.8, 4) is 0 Å². The zero-order chi connectivity index (χ0) is 10.7. The Labute approximate surface area is 88.0 Å². The van der Waals surface area contributed by atoms with E-state index < -0.39 is 0 Å². The standard InChI is InChI=1S/C12H11FN2/c1-15(12-7-2-3-8-14-12)11-6-4-5-10(13)9-11/h2-9H,1H3. The predicted octanol–water partition coefficient (Wildman–Crippen LogP) is 2.99. The van der Waals surface area contributed by atoms with E-state index in [-0.39, 0.29) is 5.82 Å². The summed E-state index contributed by atoms with van der Waals surface area (Å²) in [5.41, 5.74) is 0.786. The van der Waals surface area contributed by atoms with Crippen molar-refractivity contribution in [2.45, 2.75) is 0 Å². The first-order valence-corrected chi connectivity index (χ1v) is 4.68. The number of aromatic nitrogens is 1. The summed E-state index contributed by atoms with van der Waals surface area (Å²) < 4.78 is 13.0. The molecule has 0 aliphatic rings. The first kappa shape index (κ1) is 9.65. The molecule has 1 aromatic heterocycles. The number of rotatable bonds is 2. The minimum atomic E-state index is -0.240. The van der Waals surface area contributed by atoms with Crippen molar-refractivity contribution < 1.29 is 4.39 Å². The van der Waals surface area contributed by atoms with Crippen LogP contribution in [0.5, 0.6) is 0 Å². The second-order valence-corrected chi connectivity index (χ2v) is 3.23. The topological polar surface area (TPSA) is 16.1 Å². The van der Waals surface area contributed by atoms with Crippen LogP contribution in [0.4, 0.5) is 15.9 Å². The van der Waals surface area contributed by atoms with Gasteiger partial charge < -0.3 is 4.90 Å². The van der Waals surface area contributed by atoms with Gasteiger partial charge in [0.25, 0.3) is 0 Å². The molecule has 3 heteroatoms. The van der Waals surface area contributed by atoms with E-state index in [4.69, 9.17) is 0 Å². The molecule has 2 nitrogen and oxygen atoms in total. The second kappa shape index (κ2) is 4.09. The predicted molar refractivity (Wildman–Crippen MR) is 58.7 cm³/mol. The summed E-state index contributed by atoms with van der Waals surface area (Å²) in [5, 5.41) is 0. The highest BCUT2D eigenvalue weighted by molar-refractivity contribution is 5.58. The molecule has 0 atom stereocenters. The molecule has 1 heterocycles. The maximum absolute atomic E-state index is 13.0. The highest BCUT2D eigenvalue weighted by Crippen LogP contribution is 2.21. The molecule has 0 unspecified atom stereocenters. The first-order chi connectivity index (χ1) is 7.27. The van der Waals surface area contributed by atoms with Crippen molar-refractivity contribution in [2.24, 2.45) is 0 Å². The Morgan fingerprint density at radius 3 is 2.67 bits per heavy atom. The van der Waals surface area contributed by atoms with Crippen molar-refractivity contribution in [3.05, 3.63) is 54.5 Å². The highest BCUT2D eigenvalue weighted by Gasteiger charge is 2.04. The van der Waals surface area contributed by atoms with Crippen molar-refractivity contribution in [1.29, 1.82) is 0 Å². The molecule has 0 aliphatic heterocycles. The number of anilines is 2. The summed E-state index contributed by atoms with van der Waals surface area (Å²) in [6, 6.07) is 12.1. The summed E-state index contributed by atoms with van der Waals surface area (Å²) in [6.45, 7) is 0. The van der Waals surface area contributed by atoms with Crippen LogP contribution in [-0.2, 0) is 0 Å². The van der Waals surface area contributed by atoms with Crippen molar-refractivity contribution in [3.63, 3.8) is 0 Å². The van der Waals surface area contributed by atoms with Gasteiger partial charge in [-0.15, -0.1) is 0 Å². The lowest BCUT2D eigenvalue weighted by molar-refractivity contribution is 0.628. The lowest BCUT2D eigenvalue weighted by Gasteiger charge is -2.17. The highest BCUT2D eigenvalue weighted by atomic mass is 19.1. The molecule has 2 aromatic rings. The summed E-state index contributed by atoms with van der Waals surface area (Å²) in [6.07, 6.45) is 1.71. The minimum absolute atomic E-state index is 0.240. The van der Waals surface area contributed by atoms with Crippen molar-refractivity contribution in [1.82, 2.24) is 4.98 Å². The van der Waals surface area contributed by atoms with Gasteiger partial charge in [0.1, 0.15) is 11.6 Å². The Bertz CT molecular complexity index is 442. The van der Waals surface area contributed by atoms with E-state index in [1.54, 1.807) is 12.3 Å². The molecule has 0 spiro atoms. The molecule has 0 N–H and O–H groups in total. The average Bonchev–Trinajstić information content (AvgIpc) is 2.29. The molecule has 76 valence electrons. The molecular weight excluding hydrogens is 191 g/mol. The van der Waals surface area contributed by atoms with E-state index in [1.165, 1.54) is 12.1 Å². The molecule has 0 bridgehead atoms. The van der Waals surface area contributed by atoms with Gasteiger partial charge in [0.2, 0.25) is 0 Å². The van der Waals surface area contributed by atoms with Crippen molar-refractivity contribution >= 4 is 11.5 Å². The molecule has 0 saturated carbocycles. The maximum atomic E-state index is 13.0. The molecule has 0 radical (unpaired) electrons. The number of pyridine rings is 1. The van der Waals surface area contributed by atoms with Crippen LogP contribution in [0.25, 0.3) is 0 Å². The Morgan fingerprint density at radius 1 is 1.13 bits per heavy atom. The van der Waals surface area contributed by atoms with Gasteiger partial charge in [-0.1, -0.05) is 12.1 Å². The molecule has 2 rings (SSSR count). The number of halogens is 1. The van der Waals surface area contributed by atoms with E-state index in [9.17, 15) is 4.39 Å². The Kier molecular flexibility index (Phi) is 2.63. The molecule has 15 heavy (non-hydrogen) atoms. The van der Waals surface area contributed by atoms with Crippen LogP contribution in [0, 0.1) is 5.82 Å². The summed E-state index contributed by atoms with van der Waals surface area (Å²) in [5.74, 6) is 0.554. The average molecular weight is 202 g/mol. The van der Waals surface area contributed by atoms with E-state index >= 15 is 0 Å². The lowest BCUT2D eigenvalue weighted by Crippen LogP contribution is -2.10. The SMILES string of the molecule is CN(c1cccc(F)c1)c1ccccn1. The lowest BCUT2D eigenvalue weighted by atomic mass is 10.3. The summed E-state index contributed by atoms with van der Waals surface area (Å²) >= 11 is 0. The summed E-state index contributed by atoms with van der Waals surface area (Å²) in [7, 11) is 1.86. The third-order valence-corrected chi connectivity index (χ3v) is 2.19. The quantitative estimate of drug-likeness (QED) is 0.744. The van der Waals surface area contributed by atoms with Crippen LogP contribution in [0.2, 0.25) is 0 Å². The Morgan fingerprint density at radius 2 is 2.00 bits per heavy atom. The van der Waals surface area contributed by atoms with Gasteiger partial charge >= 0.3 is 0 Å². The monoisotopic (exact) mass is 202 g/mol. The van der Waals surface area contributed by atoms with Gasteiger partial charge in [0.05, 0.1) is 0 Å². The van der Waals surface area contributed by atoms with Crippen LogP contribution >= 0.6 is 0 Å². The number of benzene rings is 1. The molecule has 0 aliphatic carbocycles. The fourth-order valence-electron chi connectivity index (χ4n) is 1.37. The van der Waals surface area contributed by atoms with Gasteiger partial charge in [0, 0.05) is 18.9 Å². The van der Waals surface area contributed by atoms with Gasteiger partial charge in [-0.2, -0.15) is 0 Å². The van der Waals surface area contributed by atoms with Crippen LogP contribution in [0.15, 0.2) is 48.7 Å². The molecule has 0 amide bonds. The van der Waals surface area contributed by atoms with E-state index in [1.807, 2.05) is 36.2 Å². The fourth-order valence-corrected chi connectivity index (χ4v) is 1.37. The van der Waals surface area contributed by atoms with Crippen LogP contribution in [0.3, 0.4) is 0 Å². The van der Waals surface area contributed by atoms with E-state index in [2.05, 4.69) is 4.98 Å². The van der Waals surface area contributed by atoms with E-state index in [0.29, 0.717) is 0 Å². The zero-order valence-electron chi connectivity index (χ0n) is 8.39. The number of hydrogen-bond acceptors (Lipinski definition) is 2. The maximum Gasteiger partial charge on any atom is 0.132 e. The smallest absolute Gasteiger partial charge is 0.132 e. The Hall–Kier alpha value is -1.90. The second-order valence-electron chi connectivity index (χ2n) is 3.23. The third kappa shape index (κ3) is 2.13. The largest absolute Gasteiger partial charge is 0.329 e. The number of hydrogen-bond donors (Lipinski definition) is 0. The fraction of sp³-hybridized carbons (Fsp3) is 0.0833. The van der Waals surface area contributed by atoms with Gasteiger partial charge in [0.15, 0.2) is 0 Å². The molecular formula is C12H11FN2. The minimum Gasteiger partial charge on any atom is -0.329 e. The van der Waals surface area contributed by atoms with Gasteiger partial charge in [-0.3, -0.25) is 0 Å². The first-order valence-electron chi connectivity index (χ1n) is 4.68. The van der Waals surface area contributed by atoms with Crippen molar-refractivity contribution in [2.75, 3.05) is 11.9 Å². The third-order valence-electron chi connectivity index (χ3n) is 2.19. The number of nitrogens with zero attached hydrogens (tertiary/aromatic N) is 2. The van der Waals surface area contributed by atoms with Gasteiger partial charge in [-0.25, -0.2) is 9.37 Å². The molecule has 0 saturated heterocycles. The van der Waals surface area contributed by atoms with Gasteiger partial charge in [-0.05, 0) is 30.3 Å². The normalized spacial score (nSPS) is 10.0. The Balaban J connectivity index is 2.32.